The Hall–Kier alpha value is -3.12. The van der Waals surface area contributed by atoms with E-state index in [2.05, 4.69) is 35.7 Å². The third kappa shape index (κ3) is 3.83. The average Bonchev–Trinajstić information content (AvgIpc) is 3.14. The lowest BCUT2D eigenvalue weighted by Crippen LogP contribution is -2.18. The second kappa shape index (κ2) is 7.29. The van der Waals surface area contributed by atoms with Crippen molar-refractivity contribution in [2.24, 2.45) is 0 Å². The van der Waals surface area contributed by atoms with E-state index in [-0.39, 0.29) is 11.2 Å². The monoisotopic (exact) mass is 422 g/mol. The van der Waals surface area contributed by atoms with Gasteiger partial charge in [-0.15, -0.1) is 0 Å². The molecule has 6 heteroatoms. The molecule has 0 bridgehead atoms. The molecule has 154 valence electrons. The van der Waals surface area contributed by atoms with E-state index in [0.29, 0.717) is 5.69 Å². The first-order valence-electron chi connectivity index (χ1n) is 9.60. The Balaban J connectivity index is 1.79. The number of rotatable bonds is 5. The third-order valence-corrected chi connectivity index (χ3v) is 6.04. The molecule has 0 fully saturated rings. The molecule has 0 saturated carbocycles. The Morgan fingerprint density at radius 2 is 1.63 bits per heavy atom. The molecule has 1 aromatic heterocycles. The summed E-state index contributed by atoms with van der Waals surface area (Å²) < 4.78 is 39.3. The fourth-order valence-electron chi connectivity index (χ4n) is 3.84. The molecule has 0 saturated heterocycles. The maximum atomic E-state index is 13.3. The van der Waals surface area contributed by atoms with Crippen LogP contribution in [0.5, 0.6) is 0 Å². The largest absolute Gasteiger partial charge is 0.359 e. The topological polar surface area (TPSA) is 62.0 Å². The zero-order chi connectivity index (χ0) is 21.5. The van der Waals surface area contributed by atoms with Gasteiger partial charge < -0.3 is 4.98 Å². The second-order valence-corrected chi connectivity index (χ2v) is 9.77. The summed E-state index contributed by atoms with van der Waals surface area (Å²) in [6.45, 7) is 4.27. The minimum Gasteiger partial charge on any atom is -0.359 e. The van der Waals surface area contributed by atoms with Gasteiger partial charge in [0.15, 0.2) is 0 Å². The van der Waals surface area contributed by atoms with Gasteiger partial charge in [0.2, 0.25) is 10.0 Å². The van der Waals surface area contributed by atoms with Crippen molar-refractivity contribution in [3.05, 3.63) is 89.9 Å². The molecule has 3 aromatic carbocycles. The summed E-state index contributed by atoms with van der Waals surface area (Å²) in [5.41, 5.74) is 5.06. The van der Waals surface area contributed by atoms with Gasteiger partial charge in [0, 0.05) is 17.0 Å². The lowest BCUT2D eigenvalue weighted by molar-refractivity contribution is 0.607. The Bertz CT molecular complexity index is 1320. The molecule has 0 aliphatic rings. The van der Waals surface area contributed by atoms with Crippen LogP contribution in [-0.2, 0) is 15.4 Å². The van der Waals surface area contributed by atoms with Gasteiger partial charge >= 0.3 is 0 Å². The van der Waals surface area contributed by atoms with Crippen LogP contribution in [0.3, 0.4) is 0 Å². The highest BCUT2D eigenvalue weighted by Gasteiger charge is 2.27. The second-order valence-electron chi connectivity index (χ2n) is 8.02. The maximum absolute atomic E-state index is 13.3. The Morgan fingerprint density at radius 1 is 0.933 bits per heavy atom. The van der Waals surface area contributed by atoms with Crippen LogP contribution in [-0.4, -0.2) is 19.7 Å². The summed E-state index contributed by atoms with van der Waals surface area (Å²) in [7, 11) is -3.38. The van der Waals surface area contributed by atoms with Gasteiger partial charge in [-0.05, 0) is 40.5 Å². The Kier molecular flexibility index (Phi) is 4.90. The number of halogens is 1. The van der Waals surface area contributed by atoms with Crippen LogP contribution in [0.15, 0.2) is 72.9 Å². The Labute approximate surface area is 175 Å². The molecule has 0 radical (unpaired) electrons. The molecule has 1 heterocycles. The quantitative estimate of drug-likeness (QED) is 0.435. The maximum Gasteiger partial charge on any atom is 0.229 e. The number of aromatic amines is 1. The molecule has 0 unspecified atom stereocenters. The summed E-state index contributed by atoms with van der Waals surface area (Å²) in [5, 5.41) is 0.959. The number of fused-ring (bicyclic) bond motifs is 1. The van der Waals surface area contributed by atoms with Crippen LogP contribution in [0, 0.1) is 5.82 Å². The lowest BCUT2D eigenvalue weighted by Gasteiger charge is -2.26. The van der Waals surface area contributed by atoms with Crippen molar-refractivity contribution < 1.29 is 12.8 Å². The summed E-state index contributed by atoms with van der Waals surface area (Å²) in [6.07, 6.45) is 3.07. The van der Waals surface area contributed by atoms with Crippen molar-refractivity contribution in [1.82, 2.24) is 4.98 Å². The first-order valence-corrected chi connectivity index (χ1v) is 11.5. The summed E-state index contributed by atoms with van der Waals surface area (Å²) in [4.78, 5) is 3.24. The van der Waals surface area contributed by atoms with Gasteiger partial charge in [-0.25, -0.2) is 12.8 Å². The standard InChI is InChI=1S/C24H23FN2O2S/c1-24(2,18-7-4-6-17(14-18)16-10-12-19(25)13-11-16)21-15-26-23-20(21)8-5-9-22(23)27-30(3,28)29/h4-15,26-27H,1-3H3. The summed E-state index contributed by atoms with van der Waals surface area (Å²) >= 11 is 0. The lowest BCUT2D eigenvalue weighted by atomic mass is 9.77. The number of sulfonamides is 1. The van der Waals surface area contributed by atoms with E-state index in [9.17, 15) is 12.8 Å². The van der Waals surface area contributed by atoms with Crippen molar-refractivity contribution in [1.29, 1.82) is 0 Å². The molecule has 30 heavy (non-hydrogen) atoms. The molecule has 4 rings (SSSR count). The van der Waals surface area contributed by atoms with Crippen molar-refractivity contribution in [2.45, 2.75) is 19.3 Å². The van der Waals surface area contributed by atoms with Crippen molar-refractivity contribution >= 4 is 26.6 Å². The van der Waals surface area contributed by atoms with Gasteiger partial charge in [0.1, 0.15) is 5.82 Å². The van der Waals surface area contributed by atoms with Crippen LogP contribution in [0.25, 0.3) is 22.0 Å². The van der Waals surface area contributed by atoms with Gasteiger partial charge in [-0.3, -0.25) is 4.72 Å². The predicted molar refractivity (Wildman–Crippen MR) is 121 cm³/mol. The van der Waals surface area contributed by atoms with Crippen LogP contribution in [0.1, 0.15) is 25.0 Å². The highest BCUT2D eigenvalue weighted by Crippen LogP contribution is 2.39. The molecule has 0 spiro atoms. The minimum atomic E-state index is -3.38. The molecular formula is C24H23FN2O2S. The van der Waals surface area contributed by atoms with Crippen LogP contribution in [0.2, 0.25) is 0 Å². The van der Waals surface area contributed by atoms with Gasteiger partial charge in [0.25, 0.3) is 0 Å². The number of aromatic nitrogens is 1. The van der Waals surface area contributed by atoms with Crippen molar-refractivity contribution in [3.63, 3.8) is 0 Å². The number of nitrogens with one attached hydrogen (secondary N) is 2. The first kappa shape index (κ1) is 20.2. The van der Waals surface area contributed by atoms with Gasteiger partial charge in [-0.1, -0.05) is 62.4 Å². The van der Waals surface area contributed by atoms with E-state index in [4.69, 9.17) is 0 Å². The van der Waals surface area contributed by atoms with E-state index in [1.165, 1.54) is 12.1 Å². The fraction of sp³-hybridized carbons (Fsp3) is 0.167. The highest BCUT2D eigenvalue weighted by atomic mass is 32.2. The average molecular weight is 423 g/mol. The third-order valence-electron chi connectivity index (χ3n) is 5.45. The molecule has 0 atom stereocenters. The van der Waals surface area contributed by atoms with E-state index in [0.717, 1.165) is 39.4 Å². The number of para-hydroxylation sites is 1. The number of benzene rings is 3. The van der Waals surface area contributed by atoms with Crippen molar-refractivity contribution in [3.8, 4) is 11.1 Å². The SMILES string of the molecule is CC(C)(c1cccc(-c2ccc(F)cc2)c1)c1c[nH]c2c(NS(C)(=O)=O)cccc12. The van der Waals surface area contributed by atoms with Gasteiger partial charge in [0.05, 0.1) is 17.5 Å². The number of anilines is 1. The first-order chi connectivity index (χ1) is 14.1. The zero-order valence-corrected chi connectivity index (χ0v) is 17.8. The molecule has 4 aromatic rings. The smallest absolute Gasteiger partial charge is 0.229 e. The van der Waals surface area contributed by atoms with E-state index in [1.807, 2.05) is 30.5 Å². The molecule has 4 nitrogen and oxygen atoms in total. The normalized spacial score (nSPS) is 12.3. The van der Waals surface area contributed by atoms with Gasteiger partial charge in [-0.2, -0.15) is 0 Å². The Morgan fingerprint density at radius 3 is 2.33 bits per heavy atom. The minimum absolute atomic E-state index is 0.257. The summed E-state index contributed by atoms with van der Waals surface area (Å²) in [6, 6.07) is 20.2. The zero-order valence-electron chi connectivity index (χ0n) is 17.0. The fourth-order valence-corrected chi connectivity index (χ4v) is 4.41. The van der Waals surface area contributed by atoms with Crippen LogP contribution >= 0.6 is 0 Å². The van der Waals surface area contributed by atoms with Crippen LogP contribution < -0.4 is 4.72 Å². The van der Waals surface area contributed by atoms with Crippen molar-refractivity contribution in [2.75, 3.05) is 11.0 Å². The van der Waals surface area contributed by atoms with Crippen LogP contribution in [0.4, 0.5) is 10.1 Å². The molecular weight excluding hydrogens is 399 g/mol. The highest BCUT2D eigenvalue weighted by molar-refractivity contribution is 7.92. The molecule has 2 N–H and O–H groups in total. The van der Waals surface area contributed by atoms with E-state index < -0.39 is 10.0 Å². The predicted octanol–water partition coefficient (Wildman–Crippen LogP) is 5.67. The number of hydrogen-bond acceptors (Lipinski definition) is 2. The molecule has 0 aliphatic carbocycles. The van der Waals surface area contributed by atoms with E-state index in [1.54, 1.807) is 18.2 Å². The molecule has 0 amide bonds. The molecule has 0 aliphatic heterocycles. The number of hydrogen-bond donors (Lipinski definition) is 2. The number of H-pyrrole nitrogens is 1. The summed E-state index contributed by atoms with van der Waals surface area (Å²) in [5.74, 6) is -0.257. The van der Waals surface area contributed by atoms with E-state index >= 15 is 0 Å².